The summed E-state index contributed by atoms with van der Waals surface area (Å²) < 4.78 is 25.8. The van der Waals surface area contributed by atoms with Crippen LogP contribution >= 0.6 is 0 Å². The third kappa shape index (κ3) is 1.56. The standard InChI is InChI=1S/C10H8F2N4/c11-8(12)5-16-7-3-1-2-6(4-13)9(7)15-10(16)14/h1-3,8H,5H2,(H2,14,15). The van der Waals surface area contributed by atoms with E-state index in [1.807, 2.05) is 6.07 Å². The molecule has 2 rings (SSSR count). The van der Waals surface area contributed by atoms with E-state index >= 15 is 0 Å². The molecule has 82 valence electrons. The molecule has 0 radical (unpaired) electrons. The molecule has 4 nitrogen and oxygen atoms in total. The van der Waals surface area contributed by atoms with Crippen molar-refractivity contribution in [2.24, 2.45) is 0 Å². The lowest BCUT2D eigenvalue weighted by Crippen LogP contribution is -2.09. The van der Waals surface area contributed by atoms with Crippen LogP contribution < -0.4 is 5.73 Å². The van der Waals surface area contributed by atoms with Crippen LogP contribution in [0.4, 0.5) is 14.7 Å². The predicted octanol–water partition coefficient (Wildman–Crippen LogP) is 1.76. The fourth-order valence-corrected chi connectivity index (χ4v) is 1.59. The molecule has 1 heterocycles. The number of hydrogen-bond acceptors (Lipinski definition) is 3. The van der Waals surface area contributed by atoms with Gasteiger partial charge in [0.15, 0.2) is 0 Å². The summed E-state index contributed by atoms with van der Waals surface area (Å²) in [4.78, 5) is 3.92. The molecule has 2 N–H and O–H groups in total. The Kier molecular flexibility index (Phi) is 2.44. The van der Waals surface area contributed by atoms with E-state index < -0.39 is 13.0 Å². The van der Waals surface area contributed by atoms with Gasteiger partial charge in [0.25, 0.3) is 6.43 Å². The first-order valence-corrected chi connectivity index (χ1v) is 4.56. The Labute approximate surface area is 89.9 Å². The summed E-state index contributed by atoms with van der Waals surface area (Å²) in [5.74, 6) is -0.00185. The number of nitrogens with two attached hydrogens (primary N) is 1. The largest absolute Gasteiger partial charge is 0.369 e. The van der Waals surface area contributed by atoms with Gasteiger partial charge in [-0.1, -0.05) is 6.07 Å². The SMILES string of the molecule is N#Cc1cccc2c1nc(N)n2CC(F)F. The maximum absolute atomic E-state index is 12.3. The van der Waals surface area contributed by atoms with Crippen molar-refractivity contribution in [3.05, 3.63) is 23.8 Å². The lowest BCUT2D eigenvalue weighted by molar-refractivity contribution is 0.128. The molecule has 6 heteroatoms. The normalized spacial score (nSPS) is 10.9. The van der Waals surface area contributed by atoms with Gasteiger partial charge in [0.1, 0.15) is 11.6 Å². The average molecular weight is 222 g/mol. The van der Waals surface area contributed by atoms with Gasteiger partial charge in [0, 0.05) is 0 Å². The highest BCUT2D eigenvalue weighted by Crippen LogP contribution is 2.21. The minimum absolute atomic E-state index is 0.00185. The van der Waals surface area contributed by atoms with Crippen LogP contribution in [-0.2, 0) is 6.54 Å². The molecule has 0 saturated carbocycles. The molecule has 2 aromatic rings. The Balaban J connectivity index is 2.67. The molecule has 0 aliphatic heterocycles. The third-order valence-electron chi connectivity index (χ3n) is 2.25. The van der Waals surface area contributed by atoms with Crippen LogP contribution in [0.25, 0.3) is 11.0 Å². The monoisotopic (exact) mass is 222 g/mol. The number of imidazole rings is 1. The zero-order chi connectivity index (χ0) is 11.7. The van der Waals surface area contributed by atoms with Crippen molar-refractivity contribution in [2.75, 3.05) is 5.73 Å². The maximum Gasteiger partial charge on any atom is 0.256 e. The number of nitriles is 1. The molecule has 16 heavy (non-hydrogen) atoms. The van der Waals surface area contributed by atoms with Gasteiger partial charge in [0.2, 0.25) is 5.95 Å². The summed E-state index contributed by atoms with van der Waals surface area (Å²) >= 11 is 0. The number of halogens is 2. The van der Waals surface area contributed by atoms with Crippen LogP contribution in [-0.4, -0.2) is 16.0 Å². The zero-order valence-electron chi connectivity index (χ0n) is 8.19. The first-order valence-electron chi connectivity index (χ1n) is 4.56. The van der Waals surface area contributed by atoms with Crippen LogP contribution in [0.15, 0.2) is 18.2 Å². The highest BCUT2D eigenvalue weighted by atomic mass is 19.3. The number of nitrogens with zero attached hydrogens (tertiary/aromatic N) is 3. The molecule has 1 aromatic carbocycles. The Morgan fingerprint density at radius 3 is 2.88 bits per heavy atom. The van der Waals surface area contributed by atoms with Crippen molar-refractivity contribution in [2.45, 2.75) is 13.0 Å². The number of alkyl halides is 2. The van der Waals surface area contributed by atoms with Crippen LogP contribution in [0, 0.1) is 11.3 Å². The summed E-state index contributed by atoms with van der Waals surface area (Å²) in [7, 11) is 0. The van der Waals surface area contributed by atoms with Crippen molar-refractivity contribution in [1.29, 1.82) is 5.26 Å². The number of anilines is 1. The van der Waals surface area contributed by atoms with Gasteiger partial charge in [-0.2, -0.15) is 5.26 Å². The van der Waals surface area contributed by atoms with E-state index in [-0.39, 0.29) is 5.95 Å². The summed E-state index contributed by atoms with van der Waals surface area (Å²) in [5.41, 5.74) is 6.68. The van der Waals surface area contributed by atoms with Gasteiger partial charge in [-0.3, -0.25) is 0 Å². The van der Waals surface area contributed by atoms with Crippen molar-refractivity contribution in [3.8, 4) is 6.07 Å². The Morgan fingerprint density at radius 2 is 2.25 bits per heavy atom. The number of hydrogen-bond donors (Lipinski definition) is 1. The minimum Gasteiger partial charge on any atom is -0.369 e. The fraction of sp³-hybridized carbons (Fsp3) is 0.200. The fourth-order valence-electron chi connectivity index (χ4n) is 1.59. The molecule has 1 aromatic heterocycles. The summed E-state index contributed by atoms with van der Waals surface area (Å²) in [5, 5.41) is 8.83. The van der Waals surface area contributed by atoms with Crippen molar-refractivity contribution >= 4 is 17.0 Å². The van der Waals surface area contributed by atoms with Crippen LogP contribution in [0.2, 0.25) is 0 Å². The third-order valence-corrected chi connectivity index (χ3v) is 2.25. The number of rotatable bonds is 2. The Bertz CT molecular complexity index is 568. The average Bonchev–Trinajstić information content (AvgIpc) is 2.55. The van der Waals surface area contributed by atoms with Gasteiger partial charge in [-0.15, -0.1) is 0 Å². The molecular weight excluding hydrogens is 214 g/mol. The van der Waals surface area contributed by atoms with E-state index in [1.54, 1.807) is 18.2 Å². The summed E-state index contributed by atoms with van der Waals surface area (Å²) in [6.45, 7) is -0.517. The van der Waals surface area contributed by atoms with Crippen LogP contribution in [0.1, 0.15) is 5.56 Å². The number of aromatic nitrogens is 2. The zero-order valence-corrected chi connectivity index (χ0v) is 8.19. The second-order valence-corrected chi connectivity index (χ2v) is 3.26. The smallest absolute Gasteiger partial charge is 0.256 e. The summed E-state index contributed by atoms with van der Waals surface area (Å²) in [6.07, 6.45) is -2.51. The molecular formula is C10H8F2N4. The van der Waals surface area contributed by atoms with E-state index in [2.05, 4.69) is 4.98 Å². The summed E-state index contributed by atoms with van der Waals surface area (Å²) in [6, 6.07) is 6.74. The van der Waals surface area contributed by atoms with E-state index in [0.29, 0.717) is 16.6 Å². The highest BCUT2D eigenvalue weighted by Gasteiger charge is 2.14. The number of para-hydroxylation sites is 1. The van der Waals surface area contributed by atoms with Gasteiger partial charge < -0.3 is 10.3 Å². The lowest BCUT2D eigenvalue weighted by Gasteiger charge is -2.04. The number of fused-ring (bicyclic) bond motifs is 1. The molecule has 0 aliphatic carbocycles. The van der Waals surface area contributed by atoms with Crippen molar-refractivity contribution in [1.82, 2.24) is 9.55 Å². The lowest BCUT2D eigenvalue weighted by atomic mass is 10.2. The number of benzene rings is 1. The molecule has 0 amide bonds. The van der Waals surface area contributed by atoms with Gasteiger partial charge in [-0.25, -0.2) is 13.8 Å². The van der Waals surface area contributed by atoms with Crippen molar-refractivity contribution in [3.63, 3.8) is 0 Å². The minimum atomic E-state index is -2.51. The van der Waals surface area contributed by atoms with E-state index in [4.69, 9.17) is 11.0 Å². The molecule has 0 spiro atoms. The van der Waals surface area contributed by atoms with Gasteiger partial charge >= 0.3 is 0 Å². The molecule has 0 bridgehead atoms. The number of nitrogen functional groups attached to an aromatic ring is 1. The molecule has 0 unspecified atom stereocenters. The first kappa shape index (κ1) is 10.4. The van der Waals surface area contributed by atoms with E-state index in [9.17, 15) is 8.78 Å². The first-order chi connectivity index (χ1) is 7.63. The quantitative estimate of drug-likeness (QED) is 0.841. The van der Waals surface area contributed by atoms with Gasteiger partial charge in [-0.05, 0) is 12.1 Å². The topological polar surface area (TPSA) is 67.6 Å². The second-order valence-electron chi connectivity index (χ2n) is 3.26. The highest BCUT2D eigenvalue weighted by molar-refractivity contribution is 5.83. The maximum atomic E-state index is 12.3. The Morgan fingerprint density at radius 1 is 1.50 bits per heavy atom. The van der Waals surface area contributed by atoms with E-state index in [1.165, 1.54) is 4.57 Å². The molecule has 0 fully saturated rings. The second kappa shape index (κ2) is 3.77. The molecule has 0 aliphatic rings. The van der Waals surface area contributed by atoms with Crippen molar-refractivity contribution < 1.29 is 8.78 Å². The predicted molar refractivity (Wildman–Crippen MR) is 54.9 cm³/mol. The molecule has 0 saturated heterocycles. The molecule has 0 atom stereocenters. The Hall–Kier alpha value is -2.16. The van der Waals surface area contributed by atoms with E-state index in [0.717, 1.165) is 0 Å². The van der Waals surface area contributed by atoms with Gasteiger partial charge in [0.05, 0.1) is 17.6 Å². The van der Waals surface area contributed by atoms with Crippen LogP contribution in [0.3, 0.4) is 0 Å². The van der Waals surface area contributed by atoms with Crippen LogP contribution in [0.5, 0.6) is 0 Å².